The summed E-state index contributed by atoms with van der Waals surface area (Å²) < 4.78 is 1.12. The first-order valence-corrected chi connectivity index (χ1v) is 9.77. The predicted molar refractivity (Wildman–Crippen MR) is 103 cm³/mol. The largest absolute Gasteiger partial charge is 0.313 e. The molecular formula is C18H29ClIN. The lowest BCUT2D eigenvalue weighted by atomic mass is 9.99. The highest BCUT2D eigenvalue weighted by Crippen LogP contribution is 2.26. The number of hydrogen-bond donors (Lipinski definition) is 1. The van der Waals surface area contributed by atoms with Gasteiger partial charge in [-0.1, -0.05) is 76.0 Å². The normalized spacial score (nSPS) is 12.6. The molecule has 0 saturated carbocycles. The Morgan fingerprint density at radius 3 is 2.24 bits per heavy atom. The summed E-state index contributed by atoms with van der Waals surface area (Å²) in [5, 5.41) is 4.29. The van der Waals surface area contributed by atoms with Crippen LogP contribution in [0.1, 0.15) is 76.3 Å². The van der Waals surface area contributed by atoms with Crippen LogP contribution in [0.25, 0.3) is 0 Å². The molecule has 1 aromatic carbocycles. The minimum atomic E-state index is 0.430. The van der Waals surface area contributed by atoms with E-state index in [4.69, 9.17) is 11.6 Å². The Bertz CT molecular complexity index is 395. The van der Waals surface area contributed by atoms with Crippen LogP contribution < -0.4 is 5.32 Å². The number of benzene rings is 1. The molecule has 0 aliphatic rings. The van der Waals surface area contributed by atoms with E-state index in [-0.39, 0.29) is 0 Å². The van der Waals surface area contributed by atoms with Crippen molar-refractivity contribution in [3.63, 3.8) is 0 Å². The molecule has 0 spiro atoms. The fourth-order valence-corrected chi connectivity index (χ4v) is 3.21. The van der Waals surface area contributed by atoms with Gasteiger partial charge < -0.3 is 5.32 Å². The maximum absolute atomic E-state index is 6.22. The van der Waals surface area contributed by atoms with E-state index in [0.717, 1.165) is 8.59 Å². The van der Waals surface area contributed by atoms with E-state index in [2.05, 4.69) is 53.0 Å². The third kappa shape index (κ3) is 7.85. The summed E-state index contributed by atoms with van der Waals surface area (Å²) in [5.41, 5.74) is 1.31. The molecule has 21 heavy (non-hydrogen) atoms. The average Bonchev–Trinajstić information content (AvgIpc) is 2.49. The van der Waals surface area contributed by atoms with E-state index in [9.17, 15) is 0 Å². The van der Waals surface area contributed by atoms with Gasteiger partial charge in [-0.05, 0) is 53.8 Å². The van der Waals surface area contributed by atoms with E-state index in [1.165, 1.54) is 63.4 Å². The summed E-state index contributed by atoms with van der Waals surface area (Å²) in [4.78, 5) is 0. The molecule has 120 valence electrons. The third-order valence-corrected chi connectivity index (χ3v) is 5.61. The smallest absolute Gasteiger partial charge is 0.0542 e. The molecule has 0 aliphatic heterocycles. The zero-order chi connectivity index (χ0) is 15.5. The molecule has 1 atom stereocenters. The number of halogens is 2. The molecule has 0 aliphatic carbocycles. The van der Waals surface area contributed by atoms with Crippen LogP contribution in [0.5, 0.6) is 0 Å². The monoisotopic (exact) mass is 421 g/mol. The standard InChI is InChI=1S/C18H29ClIN/c1-3-4-5-6-7-8-9-10-11-18(21-2)15-12-13-17(20)16(19)14-15/h12-14,18,21H,3-11H2,1-2H3. The summed E-state index contributed by atoms with van der Waals surface area (Å²) >= 11 is 8.50. The molecule has 0 fully saturated rings. The first-order chi connectivity index (χ1) is 10.2. The zero-order valence-corrected chi connectivity index (χ0v) is 16.3. The van der Waals surface area contributed by atoms with Gasteiger partial charge in [0.2, 0.25) is 0 Å². The Morgan fingerprint density at radius 1 is 1.05 bits per heavy atom. The van der Waals surface area contributed by atoms with Crippen molar-refractivity contribution in [2.24, 2.45) is 0 Å². The molecule has 0 amide bonds. The molecule has 0 saturated heterocycles. The van der Waals surface area contributed by atoms with Gasteiger partial charge in [0.25, 0.3) is 0 Å². The van der Waals surface area contributed by atoms with E-state index in [1.54, 1.807) is 0 Å². The molecule has 1 unspecified atom stereocenters. The van der Waals surface area contributed by atoms with Gasteiger partial charge in [-0.15, -0.1) is 0 Å². The highest BCUT2D eigenvalue weighted by molar-refractivity contribution is 14.1. The first-order valence-electron chi connectivity index (χ1n) is 8.31. The van der Waals surface area contributed by atoms with Crippen LogP contribution in [0.4, 0.5) is 0 Å². The van der Waals surface area contributed by atoms with Crippen molar-refractivity contribution in [1.82, 2.24) is 5.32 Å². The Balaban J connectivity index is 2.23. The molecule has 1 nitrogen and oxygen atoms in total. The van der Waals surface area contributed by atoms with Gasteiger partial charge in [-0.25, -0.2) is 0 Å². The van der Waals surface area contributed by atoms with Gasteiger partial charge in [0.15, 0.2) is 0 Å². The second-order valence-electron chi connectivity index (χ2n) is 5.78. The summed E-state index contributed by atoms with van der Waals surface area (Å²) in [5.74, 6) is 0. The lowest BCUT2D eigenvalue weighted by Gasteiger charge is -2.17. The summed E-state index contributed by atoms with van der Waals surface area (Å²) in [6.07, 6.45) is 12.2. The predicted octanol–water partition coefficient (Wildman–Crippen LogP) is 6.74. The molecule has 1 rings (SSSR count). The van der Waals surface area contributed by atoms with E-state index in [0.29, 0.717) is 6.04 Å². The number of nitrogens with one attached hydrogen (secondary N) is 1. The van der Waals surface area contributed by atoms with Crippen molar-refractivity contribution in [3.05, 3.63) is 32.4 Å². The van der Waals surface area contributed by atoms with Crippen LogP contribution in [0.3, 0.4) is 0 Å². The van der Waals surface area contributed by atoms with E-state index >= 15 is 0 Å². The van der Waals surface area contributed by atoms with Crippen molar-refractivity contribution in [1.29, 1.82) is 0 Å². The van der Waals surface area contributed by atoms with Gasteiger partial charge in [-0.2, -0.15) is 0 Å². The molecular weight excluding hydrogens is 393 g/mol. The van der Waals surface area contributed by atoms with Crippen LogP contribution in [0.2, 0.25) is 5.02 Å². The van der Waals surface area contributed by atoms with Gasteiger partial charge in [0, 0.05) is 9.61 Å². The zero-order valence-electron chi connectivity index (χ0n) is 13.4. The summed E-state index contributed by atoms with van der Waals surface area (Å²) in [6.45, 7) is 2.27. The minimum absolute atomic E-state index is 0.430. The van der Waals surface area contributed by atoms with E-state index in [1.807, 2.05) is 7.05 Å². The Morgan fingerprint density at radius 2 is 1.67 bits per heavy atom. The summed E-state index contributed by atoms with van der Waals surface area (Å²) in [7, 11) is 2.04. The van der Waals surface area contributed by atoms with Crippen molar-refractivity contribution in [2.75, 3.05) is 7.05 Å². The van der Waals surface area contributed by atoms with Crippen LogP contribution in [-0.2, 0) is 0 Å². The van der Waals surface area contributed by atoms with Crippen LogP contribution in [0, 0.1) is 3.57 Å². The topological polar surface area (TPSA) is 12.0 Å². The second kappa shape index (κ2) is 11.7. The molecule has 1 N–H and O–H groups in total. The Hall–Kier alpha value is 0.200. The fraction of sp³-hybridized carbons (Fsp3) is 0.667. The van der Waals surface area contributed by atoms with Crippen molar-refractivity contribution >= 4 is 34.2 Å². The molecule has 3 heteroatoms. The van der Waals surface area contributed by atoms with Crippen molar-refractivity contribution < 1.29 is 0 Å². The molecule has 0 bridgehead atoms. The Kier molecular flexibility index (Phi) is 10.7. The SMILES string of the molecule is CCCCCCCCCCC(NC)c1ccc(I)c(Cl)c1. The van der Waals surface area contributed by atoms with Crippen LogP contribution in [0.15, 0.2) is 18.2 Å². The lowest BCUT2D eigenvalue weighted by molar-refractivity contribution is 0.494. The average molecular weight is 422 g/mol. The number of rotatable bonds is 11. The van der Waals surface area contributed by atoms with Crippen molar-refractivity contribution in [3.8, 4) is 0 Å². The van der Waals surface area contributed by atoms with E-state index < -0.39 is 0 Å². The first kappa shape index (κ1) is 19.2. The fourth-order valence-electron chi connectivity index (χ4n) is 2.69. The van der Waals surface area contributed by atoms with Crippen molar-refractivity contribution in [2.45, 2.75) is 70.8 Å². The molecule has 1 aromatic rings. The third-order valence-electron chi connectivity index (χ3n) is 4.04. The molecule has 0 radical (unpaired) electrons. The van der Waals surface area contributed by atoms with Gasteiger partial charge in [-0.3, -0.25) is 0 Å². The second-order valence-corrected chi connectivity index (χ2v) is 7.35. The quantitative estimate of drug-likeness (QED) is 0.308. The maximum atomic E-state index is 6.22. The minimum Gasteiger partial charge on any atom is -0.313 e. The Labute approximate surface area is 149 Å². The van der Waals surface area contributed by atoms with Gasteiger partial charge in [0.1, 0.15) is 0 Å². The van der Waals surface area contributed by atoms with Crippen LogP contribution >= 0.6 is 34.2 Å². The number of hydrogen-bond acceptors (Lipinski definition) is 1. The van der Waals surface area contributed by atoms with Gasteiger partial charge in [0.05, 0.1) is 5.02 Å². The van der Waals surface area contributed by atoms with Crippen LogP contribution in [-0.4, -0.2) is 7.05 Å². The molecule has 0 aromatic heterocycles. The highest BCUT2D eigenvalue weighted by atomic mass is 127. The maximum Gasteiger partial charge on any atom is 0.0542 e. The summed E-state index contributed by atoms with van der Waals surface area (Å²) in [6, 6.07) is 6.84. The number of unbranched alkanes of at least 4 members (excludes halogenated alkanes) is 7. The lowest BCUT2D eigenvalue weighted by Crippen LogP contribution is -2.16. The molecule has 0 heterocycles. The highest BCUT2D eigenvalue weighted by Gasteiger charge is 2.10. The van der Waals surface area contributed by atoms with Gasteiger partial charge >= 0.3 is 0 Å².